The zero-order chi connectivity index (χ0) is 12.3. The SMILES string of the molecule is CC1CCCCCN1c1c(F)cccc1C=O. The highest BCUT2D eigenvalue weighted by atomic mass is 19.1. The van der Waals surface area contributed by atoms with E-state index in [1.54, 1.807) is 12.1 Å². The van der Waals surface area contributed by atoms with E-state index in [9.17, 15) is 9.18 Å². The molecule has 1 fully saturated rings. The summed E-state index contributed by atoms with van der Waals surface area (Å²) in [7, 11) is 0. The lowest BCUT2D eigenvalue weighted by atomic mass is 10.1. The number of benzene rings is 1. The summed E-state index contributed by atoms with van der Waals surface area (Å²) < 4.78 is 13.9. The molecule has 0 aliphatic carbocycles. The van der Waals surface area contributed by atoms with Crippen molar-refractivity contribution in [1.29, 1.82) is 0 Å². The zero-order valence-corrected chi connectivity index (χ0v) is 10.2. The minimum atomic E-state index is -0.289. The number of anilines is 1. The van der Waals surface area contributed by atoms with E-state index in [2.05, 4.69) is 6.92 Å². The highest BCUT2D eigenvalue weighted by molar-refractivity contribution is 5.85. The van der Waals surface area contributed by atoms with Crippen LogP contribution >= 0.6 is 0 Å². The Morgan fingerprint density at radius 2 is 2.18 bits per heavy atom. The smallest absolute Gasteiger partial charge is 0.152 e. The highest BCUT2D eigenvalue weighted by Crippen LogP contribution is 2.29. The number of para-hydroxylation sites is 1. The van der Waals surface area contributed by atoms with E-state index >= 15 is 0 Å². The first kappa shape index (κ1) is 12.1. The molecule has 17 heavy (non-hydrogen) atoms. The standard InChI is InChI=1S/C14H18FNO/c1-11-6-3-2-4-9-16(11)14-12(10-17)7-5-8-13(14)15/h5,7-8,10-11H,2-4,6,9H2,1H3. The lowest BCUT2D eigenvalue weighted by molar-refractivity contribution is 0.112. The fraction of sp³-hybridized carbons (Fsp3) is 0.500. The van der Waals surface area contributed by atoms with Crippen molar-refractivity contribution < 1.29 is 9.18 Å². The van der Waals surface area contributed by atoms with Crippen molar-refractivity contribution in [1.82, 2.24) is 0 Å². The number of hydrogen-bond donors (Lipinski definition) is 0. The number of nitrogens with zero attached hydrogens (tertiary/aromatic N) is 1. The van der Waals surface area contributed by atoms with Gasteiger partial charge < -0.3 is 4.90 Å². The van der Waals surface area contributed by atoms with Gasteiger partial charge in [-0.3, -0.25) is 4.79 Å². The van der Waals surface area contributed by atoms with Gasteiger partial charge in [-0.15, -0.1) is 0 Å². The molecule has 0 spiro atoms. The van der Waals surface area contributed by atoms with Crippen LogP contribution in [0.15, 0.2) is 18.2 Å². The number of rotatable bonds is 2. The molecule has 92 valence electrons. The molecular formula is C14H18FNO. The number of hydrogen-bond acceptors (Lipinski definition) is 2. The number of carbonyl (C=O) groups is 1. The van der Waals surface area contributed by atoms with Crippen LogP contribution in [0.4, 0.5) is 10.1 Å². The van der Waals surface area contributed by atoms with Crippen molar-refractivity contribution >= 4 is 12.0 Å². The third kappa shape index (κ3) is 2.48. The first-order chi connectivity index (χ1) is 8.24. The molecule has 0 bridgehead atoms. The molecule has 0 N–H and O–H groups in total. The fourth-order valence-corrected chi connectivity index (χ4v) is 2.54. The van der Waals surface area contributed by atoms with E-state index in [0.29, 0.717) is 17.3 Å². The largest absolute Gasteiger partial charge is 0.366 e. The summed E-state index contributed by atoms with van der Waals surface area (Å²) in [4.78, 5) is 13.1. The Labute approximate surface area is 101 Å². The Morgan fingerprint density at radius 1 is 1.35 bits per heavy atom. The van der Waals surface area contributed by atoms with Gasteiger partial charge >= 0.3 is 0 Å². The third-order valence-electron chi connectivity index (χ3n) is 3.49. The summed E-state index contributed by atoms with van der Waals surface area (Å²) >= 11 is 0. The quantitative estimate of drug-likeness (QED) is 0.732. The Kier molecular flexibility index (Phi) is 3.77. The molecule has 1 aliphatic heterocycles. The van der Waals surface area contributed by atoms with Crippen LogP contribution in [-0.4, -0.2) is 18.9 Å². The zero-order valence-electron chi connectivity index (χ0n) is 10.2. The molecule has 0 saturated carbocycles. The molecule has 0 amide bonds. The minimum Gasteiger partial charge on any atom is -0.366 e. The molecule has 1 saturated heterocycles. The monoisotopic (exact) mass is 235 g/mol. The predicted octanol–water partition coefficient (Wildman–Crippen LogP) is 3.41. The van der Waals surface area contributed by atoms with Crippen molar-refractivity contribution in [2.75, 3.05) is 11.4 Å². The van der Waals surface area contributed by atoms with Gasteiger partial charge in [0.15, 0.2) is 6.29 Å². The maximum Gasteiger partial charge on any atom is 0.152 e. The summed E-state index contributed by atoms with van der Waals surface area (Å²) in [6.45, 7) is 2.94. The van der Waals surface area contributed by atoms with Crippen LogP contribution in [0.3, 0.4) is 0 Å². The number of aldehydes is 1. The van der Waals surface area contributed by atoms with Gasteiger partial charge in [0.25, 0.3) is 0 Å². The summed E-state index contributed by atoms with van der Waals surface area (Å²) in [6.07, 6.45) is 5.24. The maximum absolute atomic E-state index is 13.9. The molecule has 2 nitrogen and oxygen atoms in total. The van der Waals surface area contributed by atoms with Gasteiger partial charge in [0.1, 0.15) is 5.82 Å². The summed E-state index contributed by atoms with van der Waals surface area (Å²) in [5, 5.41) is 0. The van der Waals surface area contributed by atoms with Gasteiger partial charge in [0.05, 0.1) is 5.69 Å². The van der Waals surface area contributed by atoms with Crippen molar-refractivity contribution in [3.63, 3.8) is 0 Å². The van der Waals surface area contributed by atoms with Gasteiger partial charge in [0.2, 0.25) is 0 Å². The van der Waals surface area contributed by atoms with Crippen LogP contribution in [0, 0.1) is 5.82 Å². The van der Waals surface area contributed by atoms with Crippen molar-refractivity contribution in [3.8, 4) is 0 Å². The first-order valence-electron chi connectivity index (χ1n) is 6.24. The third-order valence-corrected chi connectivity index (χ3v) is 3.49. The van der Waals surface area contributed by atoms with E-state index in [0.717, 1.165) is 25.7 Å². The molecular weight excluding hydrogens is 217 g/mol. The first-order valence-corrected chi connectivity index (χ1v) is 6.24. The van der Waals surface area contributed by atoms with Crippen LogP contribution < -0.4 is 4.90 Å². The molecule has 1 heterocycles. The Bertz CT molecular complexity index is 405. The Hall–Kier alpha value is -1.38. The van der Waals surface area contributed by atoms with Gasteiger partial charge in [-0.25, -0.2) is 4.39 Å². The lowest BCUT2D eigenvalue weighted by Crippen LogP contribution is -2.34. The van der Waals surface area contributed by atoms with E-state index in [-0.39, 0.29) is 5.82 Å². The molecule has 1 aromatic rings. The predicted molar refractivity (Wildman–Crippen MR) is 67.1 cm³/mol. The summed E-state index contributed by atoms with van der Waals surface area (Å²) in [5.74, 6) is -0.289. The highest BCUT2D eigenvalue weighted by Gasteiger charge is 2.22. The second kappa shape index (κ2) is 5.30. The van der Waals surface area contributed by atoms with Crippen molar-refractivity contribution in [2.45, 2.75) is 38.6 Å². The van der Waals surface area contributed by atoms with Crippen LogP contribution in [-0.2, 0) is 0 Å². The molecule has 0 radical (unpaired) electrons. The minimum absolute atomic E-state index is 0.289. The Morgan fingerprint density at radius 3 is 2.94 bits per heavy atom. The second-order valence-corrected chi connectivity index (χ2v) is 4.69. The maximum atomic E-state index is 13.9. The van der Waals surface area contributed by atoms with E-state index in [1.165, 1.54) is 18.9 Å². The van der Waals surface area contributed by atoms with Crippen molar-refractivity contribution in [2.24, 2.45) is 0 Å². The average molecular weight is 235 g/mol. The van der Waals surface area contributed by atoms with E-state index in [1.807, 2.05) is 4.90 Å². The molecule has 2 rings (SSSR count). The summed E-state index contributed by atoms with van der Waals surface area (Å²) in [6, 6.07) is 5.00. The van der Waals surface area contributed by atoms with Crippen molar-refractivity contribution in [3.05, 3.63) is 29.6 Å². The lowest BCUT2D eigenvalue weighted by Gasteiger charge is -2.30. The molecule has 1 unspecified atom stereocenters. The molecule has 1 aliphatic rings. The van der Waals surface area contributed by atoms with E-state index < -0.39 is 0 Å². The molecule has 1 atom stereocenters. The average Bonchev–Trinajstić information content (AvgIpc) is 2.54. The topological polar surface area (TPSA) is 20.3 Å². The van der Waals surface area contributed by atoms with Crippen LogP contribution in [0.25, 0.3) is 0 Å². The number of carbonyl (C=O) groups excluding carboxylic acids is 1. The molecule has 3 heteroatoms. The van der Waals surface area contributed by atoms with Gasteiger partial charge in [-0.1, -0.05) is 18.9 Å². The van der Waals surface area contributed by atoms with E-state index in [4.69, 9.17) is 0 Å². The molecule has 1 aromatic carbocycles. The second-order valence-electron chi connectivity index (χ2n) is 4.69. The van der Waals surface area contributed by atoms with Gasteiger partial charge in [-0.05, 0) is 31.9 Å². The van der Waals surface area contributed by atoms with Gasteiger partial charge in [-0.2, -0.15) is 0 Å². The fourth-order valence-electron chi connectivity index (χ4n) is 2.54. The summed E-state index contributed by atoms with van der Waals surface area (Å²) in [5.41, 5.74) is 0.940. The van der Waals surface area contributed by atoms with Crippen LogP contribution in [0.1, 0.15) is 43.0 Å². The Balaban J connectivity index is 2.40. The van der Waals surface area contributed by atoms with Crippen LogP contribution in [0.2, 0.25) is 0 Å². The number of halogens is 1. The van der Waals surface area contributed by atoms with Crippen LogP contribution in [0.5, 0.6) is 0 Å². The van der Waals surface area contributed by atoms with Gasteiger partial charge in [0, 0.05) is 18.2 Å². The molecule has 0 aromatic heterocycles. The normalized spacial score (nSPS) is 21.1.